The molecule has 13 heteroatoms. The number of carbonyl (C=O) groups is 2. The molecule has 3 aromatic heterocycles. The molecule has 0 saturated heterocycles. The maximum Gasteiger partial charge on any atom is 0.356 e. The molecule has 4 aromatic rings. The van der Waals surface area contributed by atoms with Crippen molar-refractivity contribution in [1.82, 2.24) is 25.0 Å². The van der Waals surface area contributed by atoms with Gasteiger partial charge in [-0.25, -0.2) is 20.3 Å². The molecular formula is C24H19ClN8O4. The number of hydrogen-bond acceptors (Lipinski definition) is 8. The Kier molecular flexibility index (Phi) is 5.39. The lowest BCUT2D eigenvalue weighted by atomic mass is 10.0. The quantitative estimate of drug-likeness (QED) is 0.315. The molecule has 0 bridgehead atoms. The average molecular weight is 519 g/mol. The third-order valence-electron chi connectivity index (χ3n) is 6.31. The van der Waals surface area contributed by atoms with Gasteiger partial charge in [-0.1, -0.05) is 11.6 Å². The van der Waals surface area contributed by atoms with Crippen molar-refractivity contribution in [3.05, 3.63) is 81.6 Å². The number of amides is 1. The number of carbonyl (C=O) groups excluding carboxylic acids is 1. The van der Waals surface area contributed by atoms with E-state index in [9.17, 15) is 14.4 Å². The molecular weight excluding hydrogens is 500 g/mol. The number of benzene rings is 1. The Morgan fingerprint density at radius 2 is 2.00 bits per heavy atom. The number of aryl methyl sites for hydroxylation is 1. The molecule has 1 amide bonds. The standard InChI is InChI=1S/C24H19ClN8O4/c25-14-1-4-19(32-12-26-29-30-32)17(9-14)13-7-16-3-5-20(33(16)22(34)8-13)23(35)27-15-2-6-21-28-18(24(36)37)11-31(21)10-15/h1-2,4,6-12,20,29-30H,3,5H2,(H,27,35)(H,36,37)/t20-/m0/s1. The van der Waals surface area contributed by atoms with E-state index in [0.29, 0.717) is 34.8 Å². The van der Waals surface area contributed by atoms with Crippen molar-refractivity contribution in [2.75, 3.05) is 10.3 Å². The molecule has 0 spiro atoms. The van der Waals surface area contributed by atoms with Gasteiger partial charge in [-0.15, -0.1) is 5.53 Å². The first-order valence-corrected chi connectivity index (χ1v) is 11.7. The molecule has 5 heterocycles. The van der Waals surface area contributed by atoms with Crippen LogP contribution in [0.15, 0.2) is 64.8 Å². The summed E-state index contributed by atoms with van der Waals surface area (Å²) in [5.41, 5.74) is 8.93. The lowest BCUT2D eigenvalue weighted by molar-refractivity contribution is -0.119. The van der Waals surface area contributed by atoms with E-state index in [2.05, 4.69) is 26.5 Å². The Morgan fingerprint density at radius 3 is 2.78 bits per heavy atom. The topological polar surface area (TPSA) is 145 Å². The number of carboxylic acids is 1. The van der Waals surface area contributed by atoms with Crippen LogP contribution in [-0.4, -0.2) is 37.3 Å². The molecule has 37 heavy (non-hydrogen) atoms. The fraction of sp³-hybridized carbons (Fsp3) is 0.125. The van der Waals surface area contributed by atoms with E-state index in [1.807, 2.05) is 12.1 Å². The van der Waals surface area contributed by atoms with E-state index in [4.69, 9.17) is 16.7 Å². The highest BCUT2D eigenvalue weighted by Crippen LogP contribution is 2.35. The first-order chi connectivity index (χ1) is 17.9. The Morgan fingerprint density at radius 1 is 1.14 bits per heavy atom. The molecule has 1 aromatic carbocycles. The summed E-state index contributed by atoms with van der Waals surface area (Å²) < 4.78 is 3.04. The van der Waals surface area contributed by atoms with Gasteiger partial charge in [-0.2, -0.15) is 5.10 Å². The highest BCUT2D eigenvalue weighted by atomic mass is 35.5. The maximum absolute atomic E-state index is 13.2. The summed E-state index contributed by atoms with van der Waals surface area (Å²) in [7, 11) is 0. The fourth-order valence-corrected chi connectivity index (χ4v) is 4.84. The Hall–Kier alpha value is -4.68. The maximum atomic E-state index is 13.2. The summed E-state index contributed by atoms with van der Waals surface area (Å²) in [4.78, 5) is 41.6. The van der Waals surface area contributed by atoms with Crippen LogP contribution in [0, 0.1) is 0 Å². The zero-order chi connectivity index (χ0) is 25.7. The van der Waals surface area contributed by atoms with Crippen LogP contribution in [0.3, 0.4) is 0 Å². The Balaban J connectivity index is 1.29. The number of hydrogen-bond donors (Lipinski definition) is 4. The van der Waals surface area contributed by atoms with E-state index >= 15 is 0 Å². The van der Waals surface area contributed by atoms with Crippen LogP contribution in [0.5, 0.6) is 0 Å². The summed E-state index contributed by atoms with van der Waals surface area (Å²) in [6, 6.07) is 11.3. The zero-order valence-electron chi connectivity index (χ0n) is 19.1. The number of halogens is 1. The molecule has 6 rings (SSSR count). The van der Waals surface area contributed by atoms with Crippen molar-refractivity contribution in [3.63, 3.8) is 0 Å². The highest BCUT2D eigenvalue weighted by Gasteiger charge is 2.30. The Bertz CT molecular complexity index is 1680. The summed E-state index contributed by atoms with van der Waals surface area (Å²) in [6.45, 7) is 0. The molecule has 0 radical (unpaired) electrons. The van der Waals surface area contributed by atoms with Crippen LogP contribution < -0.4 is 27.0 Å². The fourth-order valence-electron chi connectivity index (χ4n) is 4.66. The van der Waals surface area contributed by atoms with Gasteiger partial charge >= 0.3 is 5.97 Å². The molecule has 0 unspecified atom stereocenters. The van der Waals surface area contributed by atoms with Crippen molar-refractivity contribution in [2.24, 2.45) is 5.10 Å². The number of fused-ring (bicyclic) bond motifs is 2. The van der Waals surface area contributed by atoms with Crippen molar-refractivity contribution in [2.45, 2.75) is 18.9 Å². The van der Waals surface area contributed by atoms with E-state index in [-0.39, 0.29) is 17.2 Å². The van der Waals surface area contributed by atoms with E-state index in [1.165, 1.54) is 21.2 Å². The Labute approximate surface area is 213 Å². The van der Waals surface area contributed by atoms with Crippen LogP contribution in [0.4, 0.5) is 11.4 Å². The van der Waals surface area contributed by atoms with Gasteiger partial charge in [0.25, 0.3) is 5.56 Å². The molecule has 0 aliphatic carbocycles. The molecule has 1 atom stereocenters. The summed E-state index contributed by atoms with van der Waals surface area (Å²) in [6.07, 6.45) is 5.53. The second-order valence-electron chi connectivity index (χ2n) is 8.60. The first-order valence-electron chi connectivity index (χ1n) is 11.3. The number of hydrazone groups is 1. The van der Waals surface area contributed by atoms with Crippen LogP contribution in [0.25, 0.3) is 16.8 Å². The number of rotatable bonds is 5. The number of aromatic nitrogens is 3. The molecule has 2 aliphatic rings. The second kappa shape index (κ2) is 8.76. The van der Waals surface area contributed by atoms with Gasteiger partial charge in [0.1, 0.15) is 18.0 Å². The minimum Gasteiger partial charge on any atom is -0.476 e. The minimum absolute atomic E-state index is 0.0949. The van der Waals surface area contributed by atoms with Crippen LogP contribution >= 0.6 is 11.6 Å². The van der Waals surface area contributed by atoms with Gasteiger partial charge < -0.3 is 19.4 Å². The first kappa shape index (κ1) is 22.8. The average Bonchev–Trinajstić information content (AvgIpc) is 3.63. The zero-order valence-corrected chi connectivity index (χ0v) is 19.8. The van der Waals surface area contributed by atoms with E-state index in [0.717, 1.165) is 16.9 Å². The normalized spacial score (nSPS) is 16.1. The number of aromatic carboxylic acids is 1. The van der Waals surface area contributed by atoms with Crippen molar-refractivity contribution in [3.8, 4) is 11.1 Å². The van der Waals surface area contributed by atoms with E-state index in [1.54, 1.807) is 41.8 Å². The van der Waals surface area contributed by atoms with Crippen LogP contribution in [0.1, 0.15) is 28.6 Å². The minimum atomic E-state index is -1.14. The van der Waals surface area contributed by atoms with Gasteiger partial charge in [0.2, 0.25) is 5.91 Å². The molecule has 4 N–H and O–H groups in total. The molecule has 2 aliphatic heterocycles. The molecule has 12 nitrogen and oxygen atoms in total. The van der Waals surface area contributed by atoms with Crippen LogP contribution in [-0.2, 0) is 11.2 Å². The smallest absolute Gasteiger partial charge is 0.356 e. The monoisotopic (exact) mass is 518 g/mol. The van der Waals surface area contributed by atoms with Crippen molar-refractivity contribution in [1.29, 1.82) is 0 Å². The lowest BCUT2D eigenvalue weighted by Crippen LogP contribution is -2.37. The predicted molar refractivity (Wildman–Crippen MR) is 137 cm³/mol. The second-order valence-corrected chi connectivity index (χ2v) is 9.04. The number of imidazole rings is 1. The molecule has 186 valence electrons. The number of anilines is 2. The highest BCUT2D eigenvalue weighted by molar-refractivity contribution is 6.31. The van der Waals surface area contributed by atoms with E-state index < -0.39 is 12.0 Å². The van der Waals surface area contributed by atoms with Gasteiger partial charge in [0.05, 0.1) is 11.4 Å². The van der Waals surface area contributed by atoms with Gasteiger partial charge in [-0.05, 0) is 54.8 Å². The number of hydrazine groups is 2. The van der Waals surface area contributed by atoms with Crippen molar-refractivity contribution >= 4 is 46.8 Å². The van der Waals surface area contributed by atoms with Gasteiger partial charge in [0, 0.05) is 34.7 Å². The van der Waals surface area contributed by atoms with Crippen LogP contribution in [0.2, 0.25) is 5.02 Å². The summed E-state index contributed by atoms with van der Waals surface area (Å²) in [5.74, 6) is -1.47. The SMILES string of the molecule is O=C(O)c1cn2cc(NC(=O)[C@@H]3CCc4cc(-c5cc(Cl)ccc5N5C=NNN5)cc(=O)n43)ccc2n1. The van der Waals surface area contributed by atoms with Gasteiger partial charge in [0.15, 0.2) is 5.69 Å². The largest absolute Gasteiger partial charge is 0.476 e. The predicted octanol–water partition coefficient (Wildman–Crippen LogP) is 2.41. The van der Waals surface area contributed by atoms with Crippen molar-refractivity contribution < 1.29 is 14.7 Å². The number of nitrogens with one attached hydrogen (secondary N) is 3. The van der Waals surface area contributed by atoms with Gasteiger partial charge in [-0.3, -0.25) is 9.59 Å². The number of nitrogens with zero attached hydrogens (tertiary/aromatic N) is 5. The lowest BCUT2D eigenvalue weighted by Gasteiger charge is -2.19. The number of pyridine rings is 2. The third-order valence-corrected chi connectivity index (χ3v) is 6.55. The third kappa shape index (κ3) is 4.07. The number of carboxylic acid groups (broad SMARTS) is 1. The molecule has 0 fully saturated rings. The summed E-state index contributed by atoms with van der Waals surface area (Å²) in [5, 5.41) is 18.1. The summed E-state index contributed by atoms with van der Waals surface area (Å²) >= 11 is 6.27. The molecule has 0 saturated carbocycles.